The molecule has 1 heterocycles. The standard InChI is InChI=1S/C11H21BrO/c1-3-5-10-8-9(6-7-13-10)11(12)4-2/h9-11H,3-8H2,1-2H3. The lowest BCUT2D eigenvalue weighted by atomic mass is 9.90. The molecule has 0 spiro atoms. The van der Waals surface area contributed by atoms with Crippen LogP contribution in [-0.4, -0.2) is 17.5 Å². The van der Waals surface area contributed by atoms with Gasteiger partial charge in [-0.15, -0.1) is 0 Å². The van der Waals surface area contributed by atoms with Gasteiger partial charge in [-0.05, 0) is 31.6 Å². The molecule has 1 aliphatic heterocycles. The summed E-state index contributed by atoms with van der Waals surface area (Å²) in [7, 11) is 0. The second-order valence-corrected chi connectivity index (χ2v) is 5.17. The summed E-state index contributed by atoms with van der Waals surface area (Å²) < 4.78 is 5.72. The van der Waals surface area contributed by atoms with Crippen LogP contribution in [0.25, 0.3) is 0 Å². The molecule has 0 aliphatic carbocycles. The zero-order valence-electron chi connectivity index (χ0n) is 8.76. The first-order valence-corrected chi connectivity index (χ1v) is 6.45. The molecule has 13 heavy (non-hydrogen) atoms. The molecule has 1 aliphatic rings. The van der Waals surface area contributed by atoms with Gasteiger partial charge in [-0.1, -0.05) is 36.2 Å². The van der Waals surface area contributed by atoms with Crippen molar-refractivity contribution in [3.8, 4) is 0 Å². The first-order valence-electron chi connectivity index (χ1n) is 5.53. The molecule has 2 heteroatoms. The fourth-order valence-corrected chi connectivity index (χ4v) is 2.57. The Morgan fingerprint density at radius 2 is 2.23 bits per heavy atom. The van der Waals surface area contributed by atoms with Crippen molar-refractivity contribution in [3.63, 3.8) is 0 Å². The molecule has 1 saturated heterocycles. The summed E-state index contributed by atoms with van der Waals surface area (Å²) in [6.45, 7) is 5.46. The molecule has 0 N–H and O–H groups in total. The van der Waals surface area contributed by atoms with E-state index >= 15 is 0 Å². The maximum atomic E-state index is 5.72. The number of alkyl halides is 1. The summed E-state index contributed by atoms with van der Waals surface area (Å²) in [6, 6.07) is 0. The monoisotopic (exact) mass is 248 g/mol. The Hall–Kier alpha value is 0.440. The molecule has 1 rings (SSSR count). The van der Waals surface area contributed by atoms with Gasteiger partial charge >= 0.3 is 0 Å². The average Bonchev–Trinajstić information content (AvgIpc) is 2.18. The van der Waals surface area contributed by atoms with Gasteiger partial charge in [-0.2, -0.15) is 0 Å². The van der Waals surface area contributed by atoms with Gasteiger partial charge in [0.2, 0.25) is 0 Å². The van der Waals surface area contributed by atoms with Gasteiger partial charge in [-0.3, -0.25) is 0 Å². The number of hydrogen-bond acceptors (Lipinski definition) is 1. The predicted octanol–water partition coefficient (Wildman–Crippen LogP) is 3.76. The highest BCUT2D eigenvalue weighted by atomic mass is 79.9. The largest absolute Gasteiger partial charge is 0.378 e. The molecular weight excluding hydrogens is 228 g/mol. The molecule has 3 atom stereocenters. The highest BCUT2D eigenvalue weighted by Gasteiger charge is 2.25. The van der Waals surface area contributed by atoms with Crippen LogP contribution in [0.1, 0.15) is 46.0 Å². The van der Waals surface area contributed by atoms with E-state index in [1.807, 2.05) is 0 Å². The zero-order chi connectivity index (χ0) is 9.68. The van der Waals surface area contributed by atoms with E-state index in [9.17, 15) is 0 Å². The third-order valence-corrected chi connectivity index (χ3v) is 4.32. The van der Waals surface area contributed by atoms with Crippen LogP contribution in [0, 0.1) is 5.92 Å². The first kappa shape index (κ1) is 11.5. The van der Waals surface area contributed by atoms with Crippen LogP contribution in [0.15, 0.2) is 0 Å². The van der Waals surface area contributed by atoms with Gasteiger partial charge in [0, 0.05) is 11.4 Å². The van der Waals surface area contributed by atoms with Gasteiger partial charge < -0.3 is 4.74 Å². The second-order valence-electron chi connectivity index (χ2n) is 3.99. The summed E-state index contributed by atoms with van der Waals surface area (Å²) in [4.78, 5) is 0.704. The van der Waals surface area contributed by atoms with Gasteiger partial charge in [0.05, 0.1) is 6.10 Å². The van der Waals surface area contributed by atoms with Crippen LogP contribution in [0.5, 0.6) is 0 Å². The Kier molecular flexibility index (Phi) is 5.34. The first-order chi connectivity index (χ1) is 6.27. The summed E-state index contributed by atoms with van der Waals surface area (Å²) in [5, 5.41) is 0. The quantitative estimate of drug-likeness (QED) is 0.689. The lowest BCUT2D eigenvalue weighted by Gasteiger charge is -2.32. The van der Waals surface area contributed by atoms with Crippen molar-refractivity contribution in [1.29, 1.82) is 0 Å². The Morgan fingerprint density at radius 1 is 1.46 bits per heavy atom. The van der Waals surface area contributed by atoms with Gasteiger partial charge in [-0.25, -0.2) is 0 Å². The van der Waals surface area contributed by atoms with Gasteiger partial charge in [0.25, 0.3) is 0 Å². The molecular formula is C11H21BrO. The smallest absolute Gasteiger partial charge is 0.0578 e. The second kappa shape index (κ2) is 6.02. The summed E-state index contributed by atoms with van der Waals surface area (Å²) in [6.07, 6.45) is 6.76. The molecule has 0 aromatic carbocycles. The lowest BCUT2D eigenvalue weighted by molar-refractivity contribution is -0.0134. The van der Waals surface area contributed by atoms with Crippen molar-refractivity contribution < 1.29 is 4.74 Å². The van der Waals surface area contributed by atoms with Crippen LogP contribution < -0.4 is 0 Å². The fourth-order valence-electron chi connectivity index (χ4n) is 2.09. The van der Waals surface area contributed by atoms with Crippen molar-refractivity contribution in [2.45, 2.75) is 56.9 Å². The minimum absolute atomic E-state index is 0.537. The van der Waals surface area contributed by atoms with E-state index in [1.165, 1.54) is 32.1 Å². The maximum absolute atomic E-state index is 5.72. The van der Waals surface area contributed by atoms with Crippen molar-refractivity contribution in [2.75, 3.05) is 6.61 Å². The zero-order valence-corrected chi connectivity index (χ0v) is 10.3. The number of halogens is 1. The highest BCUT2D eigenvalue weighted by molar-refractivity contribution is 9.09. The third-order valence-electron chi connectivity index (χ3n) is 2.92. The minimum Gasteiger partial charge on any atom is -0.378 e. The van der Waals surface area contributed by atoms with Gasteiger partial charge in [0.1, 0.15) is 0 Å². The predicted molar refractivity (Wildman–Crippen MR) is 60.4 cm³/mol. The normalized spacial score (nSPS) is 31.6. The Morgan fingerprint density at radius 3 is 2.85 bits per heavy atom. The Labute approximate surface area is 90.4 Å². The van der Waals surface area contributed by atoms with Crippen LogP contribution >= 0.6 is 15.9 Å². The maximum Gasteiger partial charge on any atom is 0.0578 e. The molecule has 0 aromatic heterocycles. The number of rotatable bonds is 4. The van der Waals surface area contributed by atoms with Crippen molar-refractivity contribution >= 4 is 15.9 Å². The van der Waals surface area contributed by atoms with E-state index < -0.39 is 0 Å². The molecule has 0 bridgehead atoms. The van der Waals surface area contributed by atoms with Gasteiger partial charge in [0.15, 0.2) is 0 Å². The highest BCUT2D eigenvalue weighted by Crippen LogP contribution is 2.30. The Bertz CT molecular complexity index is 136. The molecule has 0 saturated carbocycles. The molecule has 1 fully saturated rings. The van der Waals surface area contributed by atoms with Crippen LogP contribution in [0.2, 0.25) is 0 Å². The topological polar surface area (TPSA) is 9.23 Å². The molecule has 3 unspecified atom stereocenters. The summed E-state index contributed by atoms with van der Waals surface area (Å²) in [5.41, 5.74) is 0. The van der Waals surface area contributed by atoms with Crippen molar-refractivity contribution in [2.24, 2.45) is 5.92 Å². The molecule has 0 aromatic rings. The fraction of sp³-hybridized carbons (Fsp3) is 1.00. The Balaban J connectivity index is 2.32. The van der Waals surface area contributed by atoms with E-state index in [2.05, 4.69) is 29.8 Å². The molecule has 78 valence electrons. The van der Waals surface area contributed by atoms with E-state index in [-0.39, 0.29) is 0 Å². The minimum atomic E-state index is 0.537. The third kappa shape index (κ3) is 3.59. The van der Waals surface area contributed by atoms with Crippen LogP contribution in [-0.2, 0) is 4.74 Å². The molecule has 0 radical (unpaired) electrons. The van der Waals surface area contributed by atoms with E-state index in [0.29, 0.717) is 10.9 Å². The van der Waals surface area contributed by atoms with E-state index in [0.717, 1.165) is 12.5 Å². The SMILES string of the molecule is CCCC1CC(C(Br)CC)CCO1. The van der Waals surface area contributed by atoms with Crippen LogP contribution in [0.3, 0.4) is 0 Å². The number of hydrogen-bond donors (Lipinski definition) is 0. The average molecular weight is 249 g/mol. The lowest BCUT2D eigenvalue weighted by Crippen LogP contribution is -2.30. The van der Waals surface area contributed by atoms with Crippen molar-refractivity contribution in [3.05, 3.63) is 0 Å². The number of ether oxygens (including phenoxy) is 1. The molecule has 1 nitrogen and oxygen atoms in total. The van der Waals surface area contributed by atoms with Crippen molar-refractivity contribution in [1.82, 2.24) is 0 Å². The van der Waals surface area contributed by atoms with Crippen LogP contribution in [0.4, 0.5) is 0 Å². The van der Waals surface area contributed by atoms with E-state index in [1.54, 1.807) is 0 Å². The molecule has 0 amide bonds. The summed E-state index contributed by atoms with van der Waals surface area (Å²) >= 11 is 3.76. The van der Waals surface area contributed by atoms with E-state index in [4.69, 9.17) is 4.74 Å². The summed E-state index contributed by atoms with van der Waals surface area (Å²) in [5.74, 6) is 0.843.